The van der Waals surface area contributed by atoms with E-state index in [0.717, 1.165) is 0 Å². The highest BCUT2D eigenvalue weighted by atomic mass is 16.5. The second kappa shape index (κ2) is 9.62. The largest absolute Gasteiger partial charge is 0.493 e. The molecule has 0 aliphatic rings. The van der Waals surface area contributed by atoms with Crippen LogP contribution in [0.3, 0.4) is 0 Å². The van der Waals surface area contributed by atoms with E-state index in [4.69, 9.17) is 9.47 Å². The van der Waals surface area contributed by atoms with Crippen LogP contribution < -0.4 is 14.8 Å². The van der Waals surface area contributed by atoms with Gasteiger partial charge >= 0.3 is 0 Å². The molecule has 0 unspecified atom stereocenters. The van der Waals surface area contributed by atoms with Gasteiger partial charge in [-0.25, -0.2) is 0 Å². The van der Waals surface area contributed by atoms with Gasteiger partial charge in [0, 0.05) is 29.9 Å². The Hall–Kier alpha value is -3.02. The molecule has 6 nitrogen and oxygen atoms in total. The van der Waals surface area contributed by atoms with E-state index >= 15 is 0 Å². The summed E-state index contributed by atoms with van der Waals surface area (Å²) in [6, 6.07) is 11.9. The summed E-state index contributed by atoms with van der Waals surface area (Å²) in [7, 11) is 1.53. The molecular formula is C21H26N2O4. The minimum Gasteiger partial charge on any atom is -0.493 e. The molecule has 6 heteroatoms. The first-order valence-electron chi connectivity index (χ1n) is 9.05. The van der Waals surface area contributed by atoms with Crippen LogP contribution in [-0.4, -0.2) is 43.5 Å². The molecule has 0 radical (unpaired) electrons. The van der Waals surface area contributed by atoms with Gasteiger partial charge in [-0.15, -0.1) is 0 Å². The van der Waals surface area contributed by atoms with Gasteiger partial charge in [0.15, 0.2) is 11.5 Å². The maximum atomic E-state index is 12.5. The van der Waals surface area contributed by atoms with Crippen molar-refractivity contribution in [1.82, 2.24) is 4.90 Å². The number of ether oxygens (including phenoxy) is 2. The number of amides is 2. The molecule has 0 fully saturated rings. The van der Waals surface area contributed by atoms with E-state index in [9.17, 15) is 9.59 Å². The number of anilines is 1. The van der Waals surface area contributed by atoms with Crippen molar-refractivity contribution in [3.8, 4) is 11.5 Å². The van der Waals surface area contributed by atoms with E-state index in [2.05, 4.69) is 5.32 Å². The summed E-state index contributed by atoms with van der Waals surface area (Å²) < 4.78 is 10.7. The van der Waals surface area contributed by atoms with Gasteiger partial charge in [0.05, 0.1) is 13.7 Å². The lowest BCUT2D eigenvalue weighted by molar-refractivity contribution is 0.0773. The molecule has 2 amide bonds. The summed E-state index contributed by atoms with van der Waals surface area (Å²) in [5.74, 6) is 0.814. The molecule has 0 heterocycles. The lowest BCUT2D eigenvalue weighted by atomic mass is 10.1. The molecule has 1 N–H and O–H groups in total. The minimum absolute atomic E-state index is 0.0193. The molecule has 2 rings (SSSR count). The molecule has 2 aromatic rings. The fraction of sp³-hybridized carbons (Fsp3) is 0.333. The molecular weight excluding hydrogens is 344 g/mol. The van der Waals surface area contributed by atoms with E-state index in [1.54, 1.807) is 47.4 Å². The summed E-state index contributed by atoms with van der Waals surface area (Å²) in [6.45, 7) is 7.61. The van der Waals surface area contributed by atoms with Gasteiger partial charge in [0.25, 0.3) is 11.8 Å². The average molecular weight is 370 g/mol. The van der Waals surface area contributed by atoms with Gasteiger partial charge < -0.3 is 19.7 Å². The zero-order valence-corrected chi connectivity index (χ0v) is 16.2. The lowest BCUT2D eigenvalue weighted by Gasteiger charge is -2.18. The third kappa shape index (κ3) is 5.00. The Bertz CT molecular complexity index is 783. The predicted octanol–water partition coefficient (Wildman–Crippen LogP) is 3.83. The summed E-state index contributed by atoms with van der Waals surface area (Å²) in [5.41, 5.74) is 1.67. The summed E-state index contributed by atoms with van der Waals surface area (Å²) >= 11 is 0. The van der Waals surface area contributed by atoms with E-state index in [0.29, 0.717) is 48.0 Å². The number of rotatable bonds is 8. The Morgan fingerprint density at radius 1 is 0.926 bits per heavy atom. The summed E-state index contributed by atoms with van der Waals surface area (Å²) in [5, 5.41) is 2.82. The molecule has 0 aliphatic heterocycles. The zero-order chi connectivity index (χ0) is 19.8. The molecule has 0 saturated carbocycles. The maximum absolute atomic E-state index is 12.5. The Labute approximate surface area is 160 Å². The van der Waals surface area contributed by atoms with Gasteiger partial charge in [0.2, 0.25) is 0 Å². The number of carbonyl (C=O) groups excluding carboxylic acids is 2. The first-order valence-corrected chi connectivity index (χ1v) is 9.05. The van der Waals surface area contributed by atoms with Gasteiger partial charge in [-0.1, -0.05) is 0 Å². The Balaban J connectivity index is 2.11. The van der Waals surface area contributed by atoms with Crippen molar-refractivity contribution in [1.29, 1.82) is 0 Å². The van der Waals surface area contributed by atoms with Crippen LogP contribution in [0.25, 0.3) is 0 Å². The van der Waals surface area contributed by atoms with Crippen LogP contribution in [0.15, 0.2) is 42.5 Å². The van der Waals surface area contributed by atoms with Crippen molar-refractivity contribution in [3.05, 3.63) is 53.6 Å². The van der Waals surface area contributed by atoms with Gasteiger partial charge in [-0.05, 0) is 63.2 Å². The second-order valence-corrected chi connectivity index (χ2v) is 5.81. The third-order valence-electron chi connectivity index (χ3n) is 4.17. The van der Waals surface area contributed by atoms with E-state index < -0.39 is 0 Å². The number of nitrogens with zero attached hydrogens (tertiary/aromatic N) is 1. The highest BCUT2D eigenvalue weighted by Gasteiger charge is 2.14. The maximum Gasteiger partial charge on any atom is 0.255 e. The Morgan fingerprint density at radius 3 is 2.11 bits per heavy atom. The molecule has 0 bridgehead atoms. The smallest absolute Gasteiger partial charge is 0.255 e. The molecule has 144 valence electrons. The summed E-state index contributed by atoms with van der Waals surface area (Å²) in [6.07, 6.45) is 0. The number of hydrogen-bond acceptors (Lipinski definition) is 4. The van der Waals surface area contributed by atoms with E-state index in [-0.39, 0.29) is 11.8 Å². The molecule has 27 heavy (non-hydrogen) atoms. The third-order valence-corrected chi connectivity index (χ3v) is 4.17. The predicted molar refractivity (Wildman–Crippen MR) is 106 cm³/mol. The standard InChI is InChI=1S/C21H26N2O4/c1-5-23(6-2)21(25)15-8-11-17(12-9-15)22-20(24)16-10-13-18(27-7-3)19(14-16)26-4/h8-14H,5-7H2,1-4H3,(H,22,24). The van der Waals surface area contributed by atoms with Gasteiger partial charge in [-0.2, -0.15) is 0 Å². The topological polar surface area (TPSA) is 67.9 Å². The highest BCUT2D eigenvalue weighted by Crippen LogP contribution is 2.28. The van der Waals surface area contributed by atoms with Crippen LogP contribution in [-0.2, 0) is 0 Å². The fourth-order valence-corrected chi connectivity index (χ4v) is 2.68. The molecule has 2 aromatic carbocycles. The number of carbonyl (C=O) groups is 2. The molecule has 0 aliphatic carbocycles. The molecule has 0 aromatic heterocycles. The first kappa shape index (κ1) is 20.3. The zero-order valence-electron chi connectivity index (χ0n) is 16.2. The molecule has 0 saturated heterocycles. The van der Waals surface area contributed by atoms with Crippen LogP contribution >= 0.6 is 0 Å². The molecule has 0 spiro atoms. The lowest BCUT2D eigenvalue weighted by Crippen LogP contribution is -2.30. The van der Waals surface area contributed by atoms with Crippen LogP contribution in [0.1, 0.15) is 41.5 Å². The number of hydrogen-bond donors (Lipinski definition) is 1. The van der Waals surface area contributed by atoms with Crippen LogP contribution in [0.4, 0.5) is 5.69 Å². The van der Waals surface area contributed by atoms with Crippen LogP contribution in [0.5, 0.6) is 11.5 Å². The van der Waals surface area contributed by atoms with Gasteiger partial charge in [0.1, 0.15) is 0 Å². The van der Waals surface area contributed by atoms with Crippen molar-refractivity contribution in [2.75, 3.05) is 32.1 Å². The van der Waals surface area contributed by atoms with Gasteiger partial charge in [-0.3, -0.25) is 9.59 Å². The number of nitrogens with one attached hydrogen (secondary N) is 1. The second-order valence-electron chi connectivity index (χ2n) is 5.81. The Morgan fingerprint density at radius 2 is 1.56 bits per heavy atom. The molecule has 0 atom stereocenters. The van der Waals surface area contributed by atoms with Crippen molar-refractivity contribution in [2.24, 2.45) is 0 Å². The van der Waals surface area contributed by atoms with Crippen LogP contribution in [0.2, 0.25) is 0 Å². The highest BCUT2D eigenvalue weighted by molar-refractivity contribution is 6.05. The number of methoxy groups -OCH3 is 1. The Kier molecular flexibility index (Phi) is 7.23. The van der Waals surface area contributed by atoms with Crippen molar-refractivity contribution in [3.63, 3.8) is 0 Å². The minimum atomic E-state index is -0.265. The van der Waals surface area contributed by atoms with Crippen LogP contribution in [0, 0.1) is 0 Å². The van der Waals surface area contributed by atoms with E-state index in [1.807, 2.05) is 20.8 Å². The van der Waals surface area contributed by atoms with Crippen molar-refractivity contribution < 1.29 is 19.1 Å². The van der Waals surface area contributed by atoms with Crippen molar-refractivity contribution in [2.45, 2.75) is 20.8 Å². The summed E-state index contributed by atoms with van der Waals surface area (Å²) in [4.78, 5) is 26.6. The SMILES string of the molecule is CCOc1ccc(C(=O)Nc2ccc(C(=O)N(CC)CC)cc2)cc1OC. The number of benzene rings is 2. The fourth-order valence-electron chi connectivity index (χ4n) is 2.68. The normalized spacial score (nSPS) is 10.2. The average Bonchev–Trinajstić information content (AvgIpc) is 2.69. The quantitative estimate of drug-likeness (QED) is 0.767. The van der Waals surface area contributed by atoms with Crippen molar-refractivity contribution >= 4 is 17.5 Å². The first-order chi connectivity index (χ1) is 13.0. The van der Waals surface area contributed by atoms with E-state index in [1.165, 1.54) is 7.11 Å². The monoisotopic (exact) mass is 370 g/mol.